The third kappa shape index (κ3) is 1.99. The molecule has 1 saturated carbocycles. The highest BCUT2D eigenvalue weighted by molar-refractivity contribution is 6.07. The molecule has 3 rings (SSSR count). The van der Waals surface area contributed by atoms with Crippen LogP contribution in [-0.4, -0.2) is 22.4 Å². The monoisotopic (exact) mass is 272 g/mol. The molecule has 2 atom stereocenters. The van der Waals surface area contributed by atoms with Crippen LogP contribution in [-0.2, 0) is 11.3 Å². The SMILES string of the molecule is C[C@@H]1CCCC[C@@]12NC(=O)N(Cc1ccccc1)C2=O. The minimum atomic E-state index is -0.649. The van der Waals surface area contributed by atoms with Crippen LogP contribution < -0.4 is 5.32 Å². The van der Waals surface area contributed by atoms with E-state index < -0.39 is 5.54 Å². The second kappa shape index (κ2) is 4.93. The molecule has 1 N–H and O–H groups in total. The van der Waals surface area contributed by atoms with Gasteiger partial charge in [-0.3, -0.25) is 9.69 Å². The average molecular weight is 272 g/mol. The first-order valence-corrected chi connectivity index (χ1v) is 7.31. The van der Waals surface area contributed by atoms with Gasteiger partial charge in [0, 0.05) is 0 Å². The number of amides is 3. The van der Waals surface area contributed by atoms with Crippen molar-refractivity contribution in [2.75, 3.05) is 0 Å². The van der Waals surface area contributed by atoms with Gasteiger partial charge in [-0.15, -0.1) is 0 Å². The number of urea groups is 1. The Balaban J connectivity index is 1.83. The van der Waals surface area contributed by atoms with Crippen LogP contribution in [0, 0.1) is 5.92 Å². The second-order valence-corrected chi connectivity index (χ2v) is 5.93. The molecule has 1 aromatic rings. The molecule has 1 aromatic carbocycles. The van der Waals surface area contributed by atoms with E-state index in [1.165, 1.54) is 4.90 Å². The number of benzene rings is 1. The molecule has 1 saturated heterocycles. The molecule has 20 heavy (non-hydrogen) atoms. The fourth-order valence-corrected chi connectivity index (χ4v) is 3.40. The van der Waals surface area contributed by atoms with Crippen molar-refractivity contribution in [1.82, 2.24) is 10.2 Å². The predicted molar refractivity (Wildman–Crippen MR) is 75.9 cm³/mol. The zero-order chi connectivity index (χ0) is 14.2. The van der Waals surface area contributed by atoms with Crippen molar-refractivity contribution < 1.29 is 9.59 Å². The van der Waals surface area contributed by atoms with Crippen LogP contribution in [0.1, 0.15) is 38.2 Å². The van der Waals surface area contributed by atoms with Gasteiger partial charge in [0.1, 0.15) is 5.54 Å². The van der Waals surface area contributed by atoms with Crippen LogP contribution in [0.3, 0.4) is 0 Å². The first-order chi connectivity index (χ1) is 9.63. The fraction of sp³-hybridized carbons (Fsp3) is 0.500. The van der Waals surface area contributed by atoms with Crippen LogP contribution in [0.2, 0.25) is 0 Å². The van der Waals surface area contributed by atoms with Crippen molar-refractivity contribution >= 4 is 11.9 Å². The Kier molecular flexibility index (Phi) is 3.24. The number of nitrogens with zero attached hydrogens (tertiary/aromatic N) is 1. The molecule has 0 unspecified atom stereocenters. The first-order valence-electron chi connectivity index (χ1n) is 7.31. The molecule has 1 heterocycles. The molecule has 0 aromatic heterocycles. The molecule has 1 aliphatic carbocycles. The van der Waals surface area contributed by atoms with Gasteiger partial charge < -0.3 is 5.32 Å². The molecule has 4 heteroatoms. The molecule has 2 fully saturated rings. The summed E-state index contributed by atoms with van der Waals surface area (Å²) in [6, 6.07) is 9.42. The van der Waals surface area contributed by atoms with E-state index in [1.54, 1.807) is 0 Å². The molecular weight excluding hydrogens is 252 g/mol. The Morgan fingerprint density at radius 1 is 1.25 bits per heavy atom. The third-order valence-electron chi connectivity index (χ3n) is 4.68. The largest absolute Gasteiger partial charge is 0.325 e. The highest BCUT2D eigenvalue weighted by Gasteiger charge is 2.54. The average Bonchev–Trinajstić information content (AvgIpc) is 2.69. The number of hydrogen-bond acceptors (Lipinski definition) is 2. The molecule has 3 amide bonds. The van der Waals surface area contributed by atoms with Crippen LogP contribution >= 0.6 is 0 Å². The third-order valence-corrected chi connectivity index (χ3v) is 4.68. The number of hydrogen-bond donors (Lipinski definition) is 1. The Morgan fingerprint density at radius 2 is 2.00 bits per heavy atom. The van der Waals surface area contributed by atoms with Gasteiger partial charge in [0.15, 0.2) is 0 Å². The predicted octanol–water partition coefficient (Wildman–Crippen LogP) is 2.69. The van der Waals surface area contributed by atoms with Gasteiger partial charge in [-0.2, -0.15) is 0 Å². The zero-order valence-corrected chi connectivity index (χ0v) is 11.8. The van der Waals surface area contributed by atoms with Crippen molar-refractivity contribution in [3.8, 4) is 0 Å². The van der Waals surface area contributed by atoms with Crippen molar-refractivity contribution in [2.45, 2.75) is 44.7 Å². The lowest BCUT2D eigenvalue weighted by molar-refractivity contribution is -0.134. The number of carbonyl (C=O) groups excluding carboxylic acids is 2. The summed E-state index contributed by atoms with van der Waals surface area (Å²) in [6.45, 7) is 2.43. The van der Waals surface area contributed by atoms with Gasteiger partial charge in [0.05, 0.1) is 6.54 Å². The molecule has 4 nitrogen and oxygen atoms in total. The molecule has 1 aliphatic heterocycles. The van der Waals surface area contributed by atoms with Crippen molar-refractivity contribution in [3.63, 3.8) is 0 Å². The quantitative estimate of drug-likeness (QED) is 0.841. The minimum Gasteiger partial charge on any atom is -0.323 e. The van der Waals surface area contributed by atoms with E-state index >= 15 is 0 Å². The summed E-state index contributed by atoms with van der Waals surface area (Å²) < 4.78 is 0. The van der Waals surface area contributed by atoms with E-state index in [2.05, 4.69) is 12.2 Å². The van der Waals surface area contributed by atoms with Crippen molar-refractivity contribution in [1.29, 1.82) is 0 Å². The van der Waals surface area contributed by atoms with Gasteiger partial charge in [0.25, 0.3) is 5.91 Å². The summed E-state index contributed by atoms with van der Waals surface area (Å²) in [5, 5.41) is 2.98. The molecular formula is C16H20N2O2. The summed E-state index contributed by atoms with van der Waals surface area (Å²) in [4.78, 5) is 26.3. The Labute approximate surface area is 119 Å². The number of rotatable bonds is 2. The number of imide groups is 1. The van der Waals surface area contributed by atoms with Gasteiger partial charge >= 0.3 is 6.03 Å². The Hall–Kier alpha value is -1.84. The summed E-state index contributed by atoms with van der Waals surface area (Å²) in [5.41, 5.74) is 0.334. The standard InChI is InChI=1S/C16H20N2O2/c1-12-7-5-6-10-16(12)14(19)18(15(20)17-16)11-13-8-3-2-4-9-13/h2-4,8-9,12H,5-7,10-11H2,1H3,(H,17,20)/t12-,16-/m1/s1. The van der Waals surface area contributed by atoms with Crippen LogP contribution in [0.15, 0.2) is 30.3 Å². The first kappa shape index (κ1) is 13.2. The van der Waals surface area contributed by atoms with E-state index in [9.17, 15) is 9.59 Å². The summed E-state index contributed by atoms with van der Waals surface area (Å²) >= 11 is 0. The van der Waals surface area contributed by atoms with E-state index in [0.29, 0.717) is 6.54 Å². The van der Waals surface area contributed by atoms with Crippen LogP contribution in [0.4, 0.5) is 4.79 Å². The van der Waals surface area contributed by atoms with Crippen LogP contribution in [0.25, 0.3) is 0 Å². The zero-order valence-electron chi connectivity index (χ0n) is 11.8. The number of carbonyl (C=O) groups is 2. The van der Waals surface area contributed by atoms with E-state index in [-0.39, 0.29) is 17.9 Å². The summed E-state index contributed by atoms with van der Waals surface area (Å²) in [5.74, 6) is 0.173. The second-order valence-electron chi connectivity index (χ2n) is 5.93. The smallest absolute Gasteiger partial charge is 0.323 e. The lowest BCUT2D eigenvalue weighted by Gasteiger charge is -2.36. The summed E-state index contributed by atoms with van der Waals surface area (Å²) in [6.07, 6.45) is 3.93. The highest BCUT2D eigenvalue weighted by Crippen LogP contribution is 2.38. The maximum Gasteiger partial charge on any atom is 0.325 e. The van der Waals surface area contributed by atoms with Crippen molar-refractivity contribution in [3.05, 3.63) is 35.9 Å². The van der Waals surface area contributed by atoms with E-state index in [4.69, 9.17) is 0 Å². The van der Waals surface area contributed by atoms with Gasteiger partial charge in [-0.05, 0) is 24.3 Å². The van der Waals surface area contributed by atoms with Gasteiger partial charge in [0.2, 0.25) is 0 Å². The minimum absolute atomic E-state index is 0.0430. The fourth-order valence-electron chi connectivity index (χ4n) is 3.40. The molecule has 1 spiro atoms. The lowest BCUT2D eigenvalue weighted by Crippen LogP contribution is -2.53. The van der Waals surface area contributed by atoms with Crippen LogP contribution in [0.5, 0.6) is 0 Å². The van der Waals surface area contributed by atoms with Crippen molar-refractivity contribution in [2.24, 2.45) is 5.92 Å². The summed E-state index contributed by atoms with van der Waals surface area (Å²) in [7, 11) is 0. The normalized spacial score (nSPS) is 29.9. The maximum atomic E-state index is 12.8. The molecule has 2 aliphatic rings. The maximum absolute atomic E-state index is 12.8. The van der Waals surface area contributed by atoms with Gasteiger partial charge in [-0.1, -0.05) is 50.1 Å². The number of nitrogens with one attached hydrogen (secondary N) is 1. The Bertz CT molecular complexity index is 529. The molecule has 0 radical (unpaired) electrons. The topological polar surface area (TPSA) is 49.4 Å². The van der Waals surface area contributed by atoms with E-state index in [0.717, 1.165) is 31.2 Å². The van der Waals surface area contributed by atoms with E-state index in [1.807, 2.05) is 30.3 Å². The molecule has 0 bridgehead atoms. The highest BCUT2D eigenvalue weighted by atomic mass is 16.2. The molecule has 106 valence electrons. The van der Waals surface area contributed by atoms with Gasteiger partial charge in [-0.25, -0.2) is 4.79 Å². The lowest BCUT2D eigenvalue weighted by atomic mass is 9.73. The Morgan fingerprint density at radius 3 is 2.70 bits per heavy atom.